The van der Waals surface area contributed by atoms with Crippen LogP contribution in [0.15, 0.2) is 24.3 Å². The molecule has 3 amide bonds. The zero-order valence-electron chi connectivity index (χ0n) is 18.3. The summed E-state index contributed by atoms with van der Waals surface area (Å²) in [5.41, 5.74) is 1.07. The number of urea groups is 1. The van der Waals surface area contributed by atoms with Crippen molar-refractivity contribution in [3.63, 3.8) is 0 Å². The predicted octanol–water partition coefficient (Wildman–Crippen LogP) is 4.63. The summed E-state index contributed by atoms with van der Waals surface area (Å²) in [5, 5.41) is 7.52. The molecule has 0 atom stereocenters. The minimum atomic E-state index is 0.0755. The van der Waals surface area contributed by atoms with E-state index < -0.39 is 0 Å². The lowest BCUT2D eigenvalue weighted by Crippen LogP contribution is -2.51. The maximum Gasteiger partial charge on any atom is 0.317 e. The van der Waals surface area contributed by atoms with Crippen LogP contribution in [0.3, 0.4) is 0 Å². The van der Waals surface area contributed by atoms with Crippen LogP contribution in [0.1, 0.15) is 69.2 Å². The van der Waals surface area contributed by atoms with Crippen LogP contribution in [0.4, 0.5) is 4.79 Å². The number of nitrogens with zero attached hydrogens (tertiary/aromatic N) is 2. The van der Waals surface area contributed by atoms with E-state index in [0.717, 1.165) is 68.6 Å². The van der Waals surface area contributed by atoms with Gasteiger partial charge in [0.1, 0.15) is 0 Å². The molecule has 1 aromatic carbocycles. The Labute approximate surface area is 188 Å². The van der Waals surface area contributed by atoms with Crippen molar-refractivity contribution >= 4 is 33.5 Å². The number of rotatable bonds is 7. The molecule has 1 saturated heterocycles. The van der Waals surface area contributed by atoms with Crippen molar-refractivity contribution in [2.45, 2.75) is 82.7 Å². The number of amides is 3. The molecule has 4 rings (SSSR count). The fourth-order valence-electron chi connectivity index (χ4n) is 4.63. The number of hydrogen-bond acceptors (Lipinski definition) is 4. The standard InChI is InChI=1S/C24H34N4O2S/c29-22(12-6-7-13-23-27-20-10-4-5-11-21(20)31-23)25-19-14-16-28(17-15-19)24(30)26-18-8-2-1-3-9-18/h4-5,10-11,18-19H,1-3,6-9,12-17H2,(H,25,29)(H,26,30). The van der Waals surface area contributed by atoms with Crippen molar-refractivity contribution < 1.29 is 9.59 Å². The van der Waals surface area contributed by atoms with Crippen molar-refractivity contribution in [2.24, 2.45) is 0 Å². The molecule has 168 valence electrons. The molecule has 2 aliphatic rings. The van der Waals surface area contributed by atoms with Crippen LogP contribution in [-0.2, 0) is 11.2 Å². The molecule has 1 aliphatic carbocycles. The highest BCUT2D eigenvalue weighted by molar-refractivity contribution is 7.18. The van der Waals surface area contributed by atoms with Crippen LogP contribution in [0, 0.1) is 0 Å². The topological polar surface area (TPSA) is 74.3 Å². The van der Waals surface area contributed by atoms with Gasteiger partial charge in [0.2, 0.25) is 5.91 Å². The Balaban J connectivity index is 1.10. The van der Waals surface area contributed by atoms with Gasteiger partial charge in [-0.3, -0.25) is 4.79 Å². The molecule has 0 unspecified atom stereocenters. The Kier molecular flexibility index (Phi) is 7.78. The third-order valence-electron chi connectivity index (χ3n) is 6.46. The molecule has 0 spiro atoms. The Bertz CT molecular complexity index is 836. The summed E-state index contributed by atoms with van der Waals surface area (Å²) in [6.45, 7) is 1.45. The molecule has 1 aromatic heterocycles. The predicted molar refractivity (Wildman–Crippen MR) is 125 cm³/mol. The number of hydrogen-bond donors (Lipinski definition) is 2. The van der Waals surface area contributed by atoms with Crippen LogP contribution in [-0.4, -0.2) is 47.0 Å². The van der Waals surface area contributed by atoms with Gasteiger partial charge in [0.25, 0.3) is 0 Å². The third kappa shape index (κ3) is 6.42. The van der Waals surface area contributed by atoms with Gasteiger partial charge in [-0.2, -0.15) is 0 Å². The van der Waals surface area contributed by atoms with E-state index in [-0.39, 0.29) is 18.0 Å². The summed E-state index contributed by atoms with van der Waals surface area (Å²) < 4.78 is 1.23. The van der Waals surface area contributed by atoms with Gasteiger partial charge in [-0.1, -0.05) is 31.4 Å². The molecule has 0 bridgehead atoms. The highest BCUT2D eigenvalue weighted by Gasteiger charge is 2.25. The molecule has 0 radical (unpaired) electrons. The lowest BCUT2D eigenvalue weighted by atomic mass is 9.95. The van der Waals surface area contributed by atoms with E-state index in [0.29, 0.717) is 12.5 Å². The number of benzene rings is 1. The van der Waals surface area contributed by atoms with E-state index in [9.17, 15) is 9.59 Å². The zero-order chi connectivity index (χ0) is 21.5. The summed E-state index contributed by atoms with van der Waals surface area (Å²) >= 11 is 1.75. The van der Waals surface area contributed by atoms with Gasteiger partial charge in [-0.05, 0) is 57.1 Å². The molecule has 2 heterocycles. The van der Waals surface area contributed by atoms with Crippen molar-refractivity contribution in [2.75, 3.05) is 13.1 Å². The molecule has 1 saturated carbocycles. The summed E-state index contributed by atoms with van der Waals surface area (Å²) in [7, 11) is 0. The zero-order valence-corrected chi connectivity index (χ0v) is 19.1. The van der Waals surface area contributed by atoms with Crippen molar-refractivity contribution in [3.8, 4) is 0 Å². The second-order valence-corrected chi connectivity index (χ2v) is 10.0. The lowest BCUT2D eigenvalue weighted by Gasteiger charge is -2.34. The number of nitrogens with one attached hydrogen (secondary N) is 2. The largest absolute Gasteiger partial charge is 0.353 e. The fourth-order valence-corrected chi connectivity index (χ4v) is 5.64. The minimum absolute atomic E-state index is 0.0755. The second-order valence-electron chi connectivity index (χ2n) is 8.90. The Morgan fingerprint density at radius 2 is 1.71 bits per heavy atom. The quantitative estimate of drug-likeness (QED) is 0.614. The van der Waals surface area contributed by atoms with Crippen molar-refractivity contribution in [1.29, 1.82) is 0 Å². The normalized spacial score (nSPS) is 18.3. The van der Waals surface area contributed by atoms with Gasteiger partial charge < -0.3 is 15.5 Å². The first-order valence-electron chi connectivity index (χ1n) is 11.9. The molecule has 2 fully saturated rings. The number of carbonyl (C=O) groups is 2. The number of carbonyl (C=O) groups excluding carboxylic acids is 2. The number of unbranched alkanes of at least 4 members (excludes halogenated alkanes) is 1. The molecular weight excluding hydrogens is 408 g/mol. The average molecular weight is 443 g/mol. The van der Waals surface area contributed by atoms with Gasteiger partial charge in [0.05, 0.1) is 15.2 Å². The van der Waals surface area contributed by atoms with Gasteiger partial charge in [-0.25, -0.2) is 9.78 Å². The SMILES string of the molecule is O=C(CCCCc1nc2ccccc2s1)NC1CCN(C(=O)NC2CCCCC2)CC1. The Hall–Kier alpha value is -2.15. The number of para-hydroxylation sites is 1. The summed E-state index contributed by atoms with van der Waals surface area (Å²) in [4.78, 5) is 31.4. The average Bonchev–Trinajstić information content (AvgIpc) is 3.21. The Morgan fingerprint density at radius 1 is 0.968 bits per heavy atom. The van der Waals surface area contributed by atoms with Crippen molar-refractivity contribution in [1.82, 2.24) is 20.5 Å². The smallest absolute Gasteiger partial charge is 0.317 e. The third-order valence-corrected chi connectivity index (χ3v) is 7.56. The van der Waals surface area contributed by atoms with Crippen LogP contribution in [0.2, 0.25) is 0 Å². The first-order chi connectivity index (χ1) is 15.2. The van der Waals surface area contributed by atoms with Crippen molar-refractivity contribution in [3.05, 3.63) is 29.3 Å². The lowest BCUT2D eigenvalue weighted by molar-refractivity contribution is -0.122. The van der Waals surface area contributed by atoms with Crippen LogP contribution in [0.5, 0.6) is 0 Å². The van der Waals surface area contributed by atoms with E-state index in [1.165, 1.54) is 24.0 Å². The summed E-state index contributed by atoms with van der Waals surface area (Å²) in [5.74, 6) is 0.134. The molecule has 31 heavy (non-hydrogen) atoms. The molecule has 2 N–H and O–H groups in total. The number of aromatic nitrogens is 1. The summed E-state index contributed by atoms with van der Waals surface area (Å²) in [6, 6.07) is 8.83. The van der Waals surface area contributed by atoms with Crippen LogP contribution < -0.4 is 10.6 Å². The number of fused-ring (bicyclic) bond motifs is 1. The fraction of sp³-hybridized carbons (Fsp3) is 0.625. The van der Waals surface area contributed by atoms with E-state index >= 15 is 0 Å². The van der Waals surface area contributed by atoms with Gasteiger partial charge in [0.15, 0.2) is 0 Å². The number of piperidine rings is 1. The molecule has 6 nitrogen and oxygen atoms in total. The Morgan fingerprint density at radius 3 is 2.48 bits per heavy atom. The number of thiazole rings is 1. The summed E-state index contributed by atoms with van der Waals surface area (Å²) in [6.07, 6.45) is 11.0. The maximum atomic E-state index is 12.5. The molecular formula is C24H34N4O2S. The molecule has 1 aliphatic heterocycles. The first kappa shape index (κ1) is 22.1. The van der Waals surface area contributed by atoms with Gasteiger partial charge >= 0.3 is 6.03 Å². The van der Waals surface area contributed by atoms with E-state index in [1.807, 2.05) is 23.1 Å². The van der Waals surface area contributed by atoms with E-state index in [2.05, 4.69) is 21.7 Å². The van der Waals surface area contributed by atoms with E-state index in [4.69, 9.17) is 0 Å². The molecule has 7 heteroatoms. The van der Waals surface area contributed by atoms with Gasteiger partial charge in [0, 0.05) is 31.6 Å². The highest BCUT2D eigenvalue weighted by Crippen LogP contribution is 2.23. The van der Waals surface area contributed by atoms with Crippen LogP contribution in [0.25, 0.3) is 10.2 Å². The highest BCUT2D eigenvalue weighted by atomic mass is 32.1. The number of aryl methyl sites for hydroxylation is 1. The second kappa shape index (κ2) is 10.9. The van der Waals surface area contributed by atoms with E-state index in [1.54, 1.807) is 11.3 Å². The molecule has 2 aromatic rings. The minimum Gasteiger partial charge on any atom is -0.353 e. The number of likely N-dealkylation sites (tertiary alicyclic amines) is 1. The van der Waals surface area contributed by atoms with Gasteiger partial charge in [-0.15, -0.1) is 11.3 Å². The first-order valence-corrected chi connectivity index (χ1v) is 12.7. The van der Waals surface area contributed by atoms with Crippen LogP contribution >= 0.6 is 11.3 Å². The monoisotopic (exact) mass is 442 g/mol. The maximum absolute atomic E-state index is 12.5.